The van der Waals surface area contributed by atoms with Crippen molar-refractivity contribution in [1.82, 2.24) is 4.90 Å². The number of carbonyl (C=O) groups is 1. The number of halogens is 3. The highest BCUT2D eigenvalue weighted by atomic mass is 35.5. The second-order valence-electron chi connectivity index (χ2n) is 6.39. The monoisotopic (exact) mass is 345 g/mol. The molecule has 1 aromatic carbocycles. The van der Waals surface area contributed by atoms with E-state index in [4.69, 9.17) is 5.73 Å². The van der Waals surface area contributed by atoms with Gasteiger partial charge in [-0.05, 0) is 36.8 Å². The molecule has 3 rings (SSSR count). The molecule has 128 valence electrons. The van der Waals surface area contributed by atoms with Gasteiger partial charge >= 0.3 is 0 Å². The Morgan fingerprint density at radius 3 is 2.83 bits per heavy atom. The Hall–Kier alpha value is -1.24. The molecule has 1 saturated heterocycles. The molecule has 0 radical (unpaired) electrons. The van der Waals surface area contributed by atoms with Crippen LogP contribution >= 0.6 is 12.4 Å². The quantitative estimate of drug-likeness (QED) is 0.884. The summed E-state index contributed by atoms with van der Waals surface area (Å²) < 4.78 is 26.6. The first-order chi connectivity index (χ1) is 10.5. The summed E-state index contributed by atoms with van der Waals surface area (Å²) in [6.07, 6.45) is 3.36. The molecule has 1 amide bonds. The number of amides is 1. The number of nitrogens with one attached hydrogen (secondary N) is 1. The largest absolute Gasteiger partial charge is 0.327 e. The highest BCUT2D eigenvalue weighted by molar-refractivity contribution is 5.92. The van der Waals surface area contributed by atoms with Crippen LogP contribution in [0.4, 0.5) is 14.5 Å². The molecule has 2 fully saturated rings. The van der Waals surface area contributed by atoms with E-state index >= 15 is 0 Å². The number of rotatable bonds is 3. The second-order valence-corrected chi connectivity index (χ2v) is 6.39. The lowest BCUT2D eigenvalue weighted by molar-refractivity contribution is -0.117. The molecule has 0 spiro atoms. The summed E-state index contributed by atoms with van der Waals surface area (Å²) in [4.78, 5) is 14.1. The molecule has 1 aromatic rings. The molecule has 1 heterocycles. The van der Waals surface area contributed by atoms with Crippen LogP contribution in [0, 0.1) is 23.5 Å². The summed E-state index contributed by atoms with van der Waals surface area (Å²) in [5.41, 5.74) is 6.04. The van der Waals surface area contributed by atoms with Crippen molar-refractivity contribution >= 4 is 24.0 Å². The SMILES string of the molecule is Cl.NC1CCCC2CN(CC(=O)Nc3cc(F)ccc3F)CC12. The van der Waals surface area contributed by atoms with E-state index in [9.17, 15) is 13.6 Å². The lowest BCUT2D eigenvalue weighted by Gasteiger charge is -2.29. The number of anilines is 1. The van der Waals surface area contributed by atoms with Crippen LogP contribution in [0.5, 0.6) is 0 Å². The van der Waals surface area contributed by atoms with Crippen molar-refractivity contribution in [1.29, 1.82) is 0 Å². The van der Waals surface area contributed by atoms with Gasteiger partial charge in [0.2, 0.25) is 5.91 Å². The van der Waals surface area contributed by atoms with Gasteiger partial charge in [-0.3, -0.25) is 9.69 Å². The van der Waals surface area contributed by atoms with Gasteiger partial charge in [0.05, 0.1) is 12.2 Å². The zero-order chi connectivity index (χ0) is 15.7. The van der Waals surface area contributed by atoms with Gasteiger partial charge in [0.25, 0.3) is 0 Å². The number of benzene rings is 1. The van der Waals surface area contributed by atoms with Crippen LogP contribution in [0.25, 0.3) is 0 Å². The van der Waals surface area contributed by atoms with Crippen LogP contribution in [-0.4, -0.2) is 36.5 Å². The minimum Gasteiger partial charge on any atom is -0.327 e. The van der Waals surface area contributed by atoms with Gasteiger partial charge in [0.1, 0.15) is 11.6 Å². The van der Waals surface area contributed by atoms with Crippen LogP contribution in [-0.2, 0) is 4.79 Å². The second kappa shape index (κ2) is 7.55. The van der Waals surface area contributed by atoms with Crippen molar-refractivity contribution in [3.8, 4) is 0 Å². The van der Waals surface area contributed by atoms with Crippen molar-refractivity contribution in [3.63, 3.8) is 0 Å². The molecule has 3 unspecified atom stereocenters. The maximum absolute atomic E-state index is 13.5. The molecule has 1 saturated carbocycles. The fraction of sp³-hybridized carbons (Fsp3) is 0.562. The summed E-state index contributed by atoms with van der Waals surface area (Å²) in [6, 6.07) is 3.24. The van der Waals surface area contributed by atoms with Gasteiger partial charge in [-0.2, -0.15) is 0 Å². The molecule has 0 aromatic heterocycles. The number of hydrogen-bond acceptors (Lipinski definition) is 3. The van der Waals surface area contributed by atoms with E-state index in [-0.39, 0.29) is 36.6 Å². The van der Waals surface area contributed by atoms with Gasteiger partial charge in [-0.25, -0.2) is 8.78 Å². The number of nitrogens with zero attached hydrogens (tertiary/aromatic N) is 1. The van der Waals surface area contributed by atoms with Crippen molar-refractivity contribution in [2.75, 3.05) is 25.0 Å². The van der Waals surface area contributed by atoms with Crippen molar-refractivity contribution in [2.24, 2.45) is 17.6 Å². The zero-order valence-electron chi connectivity index (χ0n) is 12.8. The van der Waals surface area contributed by atoms with Crippen LogP contribution in [0.1, 0.15) is 19.3 Å². The predicted molar refractivity (Wildman–Crippen MR) is 87.5 cm³/mol. The van der Waals surface area contributed by atoms with E-state index in [1.807, 2.05) is 0 Å². The molecule has 4 nitrogen and oxygen atoms in total. The van der Waals surface area contributed by atoms with Gasteiger partial charge in [0, 0.05) is 25.2 Å². The number of fused-ring (bicyclic) bond motifs is 1. The summed E-state index contributed by atoms with van der Waals surface area (Å²) in [6.45, 7) is 1.86. The van der Waals surface area contributed by atoms with E-state index in [0.29, 0.717) is 11.8 Å². The Balaban J connectivity index is 0.00000192. The van der Waals surface area contributed by atoms with Crippen LogP contribution in [0.3, 0.4) is 0 Å². The molecule has 7 heteroatoms. The van der Waals surface area contributed by atoms with E-state index in [1.165, 1.54) is 0 Å². The van der Waals surface area contributed by atoms with Crippen LogP contribution in [0.2, 0.25) is 0 Å². The molecule has 2 aliphatic rings. The smallest absolute Gasteiger partial charge is 0.238 e. The van der Waals surface area contributed by atoms with Crippen LogP contribution < -0.4 is 11.1 Å². The maximum atomic E-state index is 13.5. The first-order valence-corrected chi connectivity index (χ1v) is 7.76. The van der Waals surface area contributed by atoms with E-state index < -0.39 is 11.6 Å². The normalized spacial score (nSPS) is 27.2. The standard InChI is InChI=1S/C16H21F2N3O.ClH/c17-11-4-5-13(18)15(6-11)20-16(22)9-21-7-10-2-1-3-14(19)12(10)8-21;/h4-6,10,12,14H,1-3,7-9,19H2,(H,20,22);1H. The highest BCUT2D eigenvalue weighted by Crippen LogP contribution is 2.35. The molecule has 3 atom stereocenters. The summed E-state index contributed by atoms with van der Waals surface area (Å²) in [5.74, 6) is -0.520. The van der Waals surface area contributed by atoms with E-state index in [2.05, 4.69) is 10.2 Å². The first kappa shape index (κ1) is 18.1. The summed E-state index contributed by atoms with van der Waals surface area (Å²) in [7, 11) is 0. The molecular weight excluding hydrogens is 324 g/mol. The van der Waals surface area contributed by atoms with E-state index in [1.54, 1.807) is 0 Å². The van der Waals surface area contributed by atoms with Crippen molar-refractivity contribution < 1.29 is 13.6 Å². The third kappa shape index (κ3) is 4.19. The third-order valence-corrected chi connectivity index (χ3v) is 4.80. The topological polar surface area (TPSA) is 58.4 Å². The Labute approximate surface area is 140 Å². The summed E-state index contributed by atoms with van der Waals surface area (Å²) in [5, 5.41) is 2.44. The number of likely N-dealkylation sites (tertiary alicyclic amines) is 1. The van der Waals surface area contributed by atoms with Gasteiger partial charge in [-0.1, -0.05) is 6.42 Å². The Morgan fingerprint density at radius 1 is 1.30 bits per heavy atom. The van der Waals surface area contributed by atoms with E-state index in [0.717, 1.165) is 50.6 Å². The maximum Gasteiger partial charge on any atom is 0.238 e. The van der Waals surface area contributed by atoms with Crippen LogP contribution in [0.15, 0.2) is 18.2 Å². The Kier molecular flexibility index (Phi) is 5.95. The summed E-state index contributed by atoms with van der Waals surface area (Å²) >= 11 is 0. The van der Waals surface area contributed by atoms with Gasteiger partial charge < -0.3 is 11.1 Å². The number of nitrogens with two attached hydrogens (primary N) is 1. The molecule has 3 N–H and O–H groups in total. The average Bonchev–Trinajstić information content (AvgIpc) is 2.86. The fourth-order valence-electron chi connectivity index (χ4n) is 3.72. The number of hydrogen-bond donors (Lipinski definition) is 2. The predicted octanol–water partition coefficient (Wildman–Crippen LogP) is 2.38. The first-order valence-electron chi connectivity index (χ1n) is 7.76. The van der Waals surface area contributed by atoms with Gasteiger partial charge in [0.15, 0.2) is 0 Å². The zero-order valence-corrected chi connectivity index (χ0v) is 13.6. The lowest BCUT2D eigenvalue weighted by atomic mass is 9.78. The Bertz CT molecular complexity index is 572. The average molecular weight is 346 g/mol. The van der Waals surface area contributed by atoms with Crippen molar-refractivity contribution in [3.05, 3.63) is 29.8 Å². The molecule has 1 aliphatic carbocycles. The highest BCUT2D eigenvalue weighted by Gasteiger charge is 2.39. The van der Waals surface area contributed by atoms with Crippen molar-refractivity contribution in [2.45, 2.75) is 25.3 Å². The molecular formula is C16H22ClF2N3O. The van der Waals surface area contributed by atoms with Gasteiger partial charge in [-0.15, -0.1) is 12.4 Å². The lowest BCUT2D eigenvalue weighted by Crippen LogP contribution is -2.38. The fourth-order valence-corrected chi connectivity index (χ4v) is 3.72. The minimum absolute atomic E-state index is 0. The molecule has 0 bridgehead atoms. The third-order valence-electron chi connectivity index (χ3n) is 4.80. The molecule has 1 aliphatic heterocycles. The number of carbonyl (C=O) groups excluding carboxylic acids is 1. The minimum atomic E-state index is -0.633. The Morgan fingerprint density at radius 2 is 2.09 bits per heavy atom. The molecule has 23 heavy (non-hydrogen) atoms.